The van der Waals surface area contributed by atoms with Crippen molar-refractivity contribution in [3.8, 4) is 0 Å². The van der Waals surface area contributed by atoms with Crippen LogP contribution >= 0.6 is 0 Å². The molecule has 4 nitrogen and oxygen atoms in total. The van der Waals surface area contributed by atoms with Gasteiger partial charge in [0.1, 0.15) is 5.82 Å². The molecule has 2 rings (SSSR count). The summed E-state index contributed by atoms with van der Waals surface area (Å²) < 4.78 is 1.46. The molecular formula is C12H15N3O. The molecular weight excluding hydrogens is 202 g/mol. The number of nitrogens with zero attached hydrogens (tertiary/aromatic N) is 2. The molecule has 16 heavy (non-hydrogen) atoms. The number of nitrogens with one attached hydrogen (secondary N) is 1. The third-order valence-electron chi connectivity index (χ3n) is 2.42. The van der Waals surface area contributed by atoms with Crippen molar-refractivity contribution in [2.45, 2.75) is 26.3 Å². The number of H-pyrrole nitrogens is 1. The highest BCUT2D eigenvalue weighted by atomic mass is 16.1. The Morgan fingerprint density at radius 2 is 2.00 bits per heavy atom. The second-order valence-corrected chi connectivity index (χ2v) is 4.11. The van der Waals surface area contributed by atoms with Crippen LogP contribution in [0, 0.1) is 0 Å². The van der Waals surface area contributed by atoms with E-state index in [0.717, 1.165) is 11.4 Å². The van der Waals surface area contributed by atoms with Gasteiger partial charge in [0.05, 0.1) is 6.54 Å². The number of aromatic amines is 1. The van der Waals surface area contributed by atoms with Crippen molar-refractivity contribution in [3.05, 3.63) is 52.2 Å². The minimum absolute atomic E-state index is 0.146. The summed E-state index contributed by atoms with van der Waals surface area (Å²) in [6, 6.07) is 9.83. The molecule has 1 N–H and O–H groups in total. The fourth-order valence-electron chi connectivity index (χ4n) is 1.50. The number of aromatic nitrogens is 3. The van der Waals surface area contributed by atoms with Crippen LogP contribution in [0.15, 0.2) is 35.1 Å². The maximum atomic E-state index is 11.6. The molecule has 1 heterocycles. The van der Waals surface area contributed by atoms with Gasteiger partial charge in [-0.2, -0.15) is 5.10 Å². The third-order valence-corrected chi connectivity index (χ3v) is 2.42. The largest absolute Gasteiger partial charge is 0.343 e. The molecule has 0 fully saturated rings. The first-order valence-electron chi connectivity index (χ1n) is 5.38. The van der Waals surface area contributed by atoms with E-state index in [0.29, 0.717) is 6.54 Å². The van der Waals surface area contributed by atoms with E-state index in [4.69, 9.17) is 0 Å². The van der Waals surface area contributed by atoms with E-state index in [1.165, 1.54) is 4.68 Å². The second-order valence-electron chi connectivity index (χ2n) is 4.11. The maximum absolute atomic E-state index is 11.6. The summed E-state index contributed by atoms with van der Waals surface area (Å²) in [5.41, 5.74) is 0.930. The zero-order valence-corrected chi connectivity index (χ0v) is 9.47. The quantitative estimate of drug-likeness (QED) is 0.851. The van der Waals surface area contributed by atoms with Crippen LogP contribution in [-0.2, 0) is 6.54 Å². The Labute approximate surface area is 93.9 Å². The molecule has 0 aliphatic heterocycles. The number of hydrogen-bond acceptors (Lipinski definition) is 2. The van der Waals surface area contributed by atoms with Gasteiger partial charge in [0.25, 0.3) is 0 Å². The predicted octanol–water partition coefficient (Wildman–Crippen LogP) is 1.74. The Morgan fingerprint density at radius 1 is 1.31 bits per heavy atom. The van der Waals surface area contributed by atoms with Gasteiger partial charge in [-0.3, -0.25) is 4.98 Å². The Morgan fingerprint density at radius 3 is 2.56 bits per heavy atom. The highest BCUT2D eigenvalue weighted by Gasteiger charge is 2.08. The van der Waals surface area contributed by atoms with Crippen LogP contribution in [0.5, 0.6) is 0 Å². The van der Waals surface area contributed by atoms with E-state index in [-0.39, 0.29) is 11.6 Å². The lowest BCUT2D eigenvalue weighted by atomic mass is 10.2. The monoisotopic (exact) mass is 217 g/mol. The van der Waals surface area contributed by atoms with Gasteiger partial charge in [0.15, 0.2) is 0 Å². The Hall–Kier alpha value is -1.84. The van der Waals surface area contributed by atoms with Crippen molar-refractivity contribution < 1.29 is 0 Å². The van der Waals surface area contributed by atoms with Crippen LogP contribution in [0.3, 0.4) is 0 Å². The lowest BCUT2D eigenvalue weighted by molar-refractivity contribution is 0.640. The van der Waals surface area contributed by atoms with E-state index in [2.05, 4.69) is 10.1 Å². The molecule has 2 aromatic rings. The van der Waals surface area contributed by atoms with E-state index < -0.39 is 0 Å². The lowest BCUT2D eigenvalue weighted by Crippen LogP contribution is -2.18. The molecule has 4 heteroatoms. The predicted molar refractivity (Wildman–Crippen MR) is 62.5 cm³/mol. The summed E-state index contributed by atoms with van der Waals surface area (Å²) in [7, 11) is 0. The van der Waals surface area contributed by atoms with Gasteiger partial charge in [-0.1, -0.05) is 44.2 Å². The normalized spacial score (nSPS) is 10.9. The van der Waals surface area contributed by atoms with Crippen LogP contribution in [0.1, 0.15) is 31.2 Å². The number of benzene rings is 1. The molecule has 0 spiro atoms. The topological polar surface area (TPSA) is 50.7 Å². The van der Waals surface area contributed by atoms with Crippen LogP contribution in [0.4, 0.5) is 0 Å². The van der Waals surface area contributed by atoms with Crippen LogP contribution in [0.2, 0.25) is 0 Å². The van der Waals surface area contributed by atoms with Crippen LogP contribution < -0.4 is 5.69 Å². The summed E-state index contributed by atoms with van der Waals surface area (Å²) in [6.07, 6.45) is 0. The first-order chi connectivity index (χ1) is 7.66. The molecule has 1 aromatic carbocycles. The molecule has 0 atom stereocenters. The van der Waals surface area contributed by atoms with Crippen molar-refractivity contribution in [2.75, 3.05) is 0 Å². The van der Waals surface area contributed by atoms with Crippen molar-refractivity contribution in [1.29, 1.82) is 0 Å². The van der Waals surface area contributed by atoms with Crippen molar-refractivity contribution in [3.63, 3.8) is 0 Å². The van der Waals surface area contributed by atoms with Crippen molar-refractivity contribution in [1.82, 2.24) is 14.8 Å². The summed E-state index contributed by atoms with van der Waals surface area (Å²) in [4.78, 5) is 14.4. The summed E-state index contributed by atoms with van der Waals surface area (Å²) in [5, 5.41) is 4.25. The van der Waals surface area contributed by atoms with E-state index in [1.54, 1.807) is 0 Å². The summed E-state index contributed by atoms with van der Waals surface area (Å²) in [6.45, 7) is 4.53. The Kier molecular flexibility index (Phi) is 2.90. The van der Waals surface area contributed by atoms with Gasteiger partial charge >= 0.3 is 5.69 Å². The SMILES string of the molecule is CC(C)c1nn(Cc2ccccc2)c(=O)[nH]1. The number of rotatable bonds is 3. The fraction of sp³-hybridized carbons (Fsp3) is 0.333. The maximum Gasteiger partial charge on any atom is 0.343 e. The van der Waals surface area contributed by atoms with Gasteiger partial charge in [-0.25, -0.2) is 9.48 Å². The molecule has 0 aliphatic carbocycles. The van der Waals surface area contributed by atoms with Crippen LogP contribution in [-0.4, -0.2) is 14.8 Å². The van der Waals surface area contributed by atoms with Crippen LogP contribution in [0.25, 0.3) is 0 Å². The molecule has 0 radical (unpaired) electrons. The van der Waals surface area contributed by atoms with Gasteiger partial charge in [0.2, 0.25) is 0 Å². The van der Waals surface area contributed by atoms with Gasteiger partial charge in [-0.15, -0.1) is 0 Å². The summed E-state index contributed by atoms with van der Waals surface area (Å²) in [5.74, 6) is 0.977. The van der Waals surface area contributed by atoms with Crippen molar-refractivity contribution in [2.24, 2.45) is 0 Å². The highest BCUT2D eigenvalue weighted by molar-refractivity contribution is 5.14. The minimum Gasteiger partial charge on any atom is -0.293 e. The third kappa shape index (κ3) is 2.21. The first-order valence-corrected chi connectivity index (χ1v) is 5.38. The average molecular weight is 217 g/mol. The Bertz CT molecular complexity index is 511. The lowest BCUT2D eigenvalue weighted by Gasteiger charge is -2.00. The van der Waals surface area contributed by atoms with E-state index >= 15 is 0 Å². The smallest absolute Gasteiger partial charge is 0.293 e. The van der Waals surface area contributed by atoms with Gasteiger partial charge < -0.3 is 0 Å². The molecule has 0 unspecified atom stereocenters. The molecule has 0 saturated heterocycles. The molecule has 84 valence electrons. The second kappa shape index (κ2) is 4.35. The highest BCUT2D eigenvalue weighted by Crippen LogP contribution is 2.06. The molecule has 1 aromatic heterocycles. The molecule has 0 aliphatic rings. The van der Waals surface area contributed by atoms with Gasteiger partial charge in [-0.05, 0) is 5.56 Å². The minimum atomic E-state index is -0.146. The standard InChI is InChI=1S/C12H15N3O/c1-9(2)11-13-12(16)15(14-11)8-10-6-4-3-5-7-10/h3-7,9H,8H2,1-2H3,(H,13,14,16). The van der Waals surface area contributed by atoms with Crippen molar-refractivity contribution >= 4 is 0 Å². The number of hydrogen-bond donors (Lipinski definition) is 1. The molecule has 0 saturated carbocycles. The Balaban J connectivity index is 2.26. The summed E-state index contributed by atoms with van der Waals surface area (Å²) >= 11 is 0. The molecule has 0 bridgehead atoms. The van der Waals surface area contributed by atoms with E-state index in [1.807, 2.05) is 44.2 Å². The van der Waals surface area contributed by atoms with Gasteiger partial charge in [0, 0.05) is 5.92 Å². The molecule has 0 amide bonds. The average Bonchev–Trinajstić information content (AvgIpc) is 2.62. The zero-order valence-electron chi connectivity index (χ0n) is 9.47. The first kappa shape index (κ1) is 10.7. The zero-order chi connectivity index (χ0) is 11.5. The van der Waals surface area contributed by atoms with E-state index in [9.17, 15) is 4.79 Å². The fourth-order valence-corrected chi connectivity index (χ4v) is 1.50.